The summed E-state index contributed by atoms with van der Waals surface area (Å²) in [4.78, 5) is 56.1. The Hall–Kier alpha value is -5.92. The molecule has 2 aliphatic rings. The van der Waals surface area contributed by atoms with Crippen molar-refractivity contribution in [3.8, 4) is 11.3 Å². The Morgan fingerprint density at radius 3 is 2.53 bits per heavy atom. The van der Waals surface area contributed by atoms with E-state index in [4.69, 9.17) is 10.8 Å². The van der Waals surface area contributed by atoms with Gasteiger partial charge >= 0.3 is 0 Å². The van der Waals surface area contributed by atoms with E-state index in [1.54, 1.807) is 25.5 Å². The molecule has 0 aliphatic carbocycles. The molecule has 1 aromatic carbocycles. The molecule has 0 unspecified atom stereocenters. The van der Waals surface area contributed by atoms with Crippen LogP contribution >= 0.6 is 0 Å². The van der Waals surface area contributed by atoms with E-state index in [9.17, 15) is 9.59 Å². The highest BCUT2D eigenvalue weighted by Crippen LogP contribution is 2.32. The molecule has 0 spiro atoms. The quantitative estimate of drug-likeness (QED) is 0.290. The van der Waals surface area contributed by atoms with Crippen LogP contribution in [0.3, 0.4) is 0 Å². The van der Waals surface area contributed by atoms with Crippen molar-refractivity contribution in [2.24, 2.45) is 0 Å². The van der Waals surface area contributed by atoms with Gasteiger partial charge in [-0.1, -0.05) is 18.2 Å². The molecule has 3 N–H and O–H groups in total. The van der Waals surface area contributed by atoms with Crippen LogP contribution in [0.25, 0.3) is 33.3 Å². The van der Waals surface area contributed by atoms with Gasteiger partial charge < -0.3 is 25.4 Å². The Balaban J connectivity index is 0.977. The molecule has 0 bridgehead atoms. The lowest BCUT2D eigenvalue weighted by Crippen LogP contribution is -2.48. The number of carbonyl (C=O) groups is 2. The number of anilines is 2. The molecule has 5 aromatic heterocycles. The van der Waals surface area contributed by atoms with Crippen molar-refractivity contribution >= 4 is 45.6 Å². The van der Waals surface area contributed by atoms with E-state index < -0.39 is 0 Å². The number of nitrogen functional groups attached to an aromatic ring is 1. The lowest BCUT2D eigenvalue weighted by Gasteiger charge is -2.34. The number of aromatic nitrogens is 8. The number of fused-ring (bicyclic) bond motifs is 3. The molecule has 47 heavy (non-hydrogen) atoms. The van der Waals surface area contributed by atoms with Gasteiger partial charge in [0, 0.05) is 81.9 Å². The van der Waals surface area contributed by atoms with Crippen LogP contribution in [0.5, 0.6) is 0 Å². The van der Waals surface area contributed by atoms with Crippen LogP contribution in [0.4, 0.5) is 11.8 Å². The van der Waals surface area contributed by atoms with E-state index in [0.29, 0.717) is 79.9 Å². The standard InChI is InChI=1S/C33H32N12O2/c1-20(46)42-8-10-43(11-9-42)33-37-15-26(16-38-33)32(47)44-7-5-22-12-21(2-3-24(22)18-44)17-45-31-27(29(34)39-19-40-31)28(41-45)25-13-23-4-6-35-30(23)36-14-25/h2-4,6,12-16,19H,5,7-11,17-18H2,1H3,(H,35,36)(H2,34,39,40). The van der Waals surface area contributed by atoms with Gasteiger partial charge in [0.2, 0.25) is 11.9 Å². The second-order valence-corrected chi connectivity index (χ2v) is 11.9. The highest BCUT2D eigenvalue weighted by Gasteiger charge is 2.25. The summed E-state index contributed by atoms with van der Waals surface area (Å²) in [6, 6.07) is 10.3. The summed E-state index contributed by atoms with van der Waals surface area (Å²) in [5.41, 5.74) is 13.2. The Kier molecular flexibility index (Phi) is 6.96. The number of carbonyl (C=O) groups excluding carboxylic acids is 2. The van der Waals surface area contributed by atoms with Crippen molar-refractivity contribution in [2.75, 3.05) is 43.4 Å². The maximum Gasteiger partial charge on any atom is 0.257 e. The first kappa shape index (κ1) is 28.5. The number of pyridine rings is 1. The maximum absolute atomic E-state index is 13.4. The predicted molar refractivity (Wildman–Crippen MR) is 175 cm³/mol. The van der Waals surface area contributed by atoms with Crippen LogP contribution in [-0.2, 0) is 24.3 Å². The van der Waals surface area contributed by atoms with Gasteiger partial charge in [0.15, 0.2) is 5.65 Å². The molecular formula is C33H32N12O2. The zero-order chi connectivity index (χ0) is 32.1. The van der Waals surface area contributed by atoms with Gasteiger partial charge in [-0.05, 0) is 35.2 Å². The summed E-state index contributed by atoms with van der Waals surface area (Å²) in [6.07, 6.45) is 9.04. The molecule has 2 amide bonds. The largest absolute Gasteiger partial charge is 0.383 e. The number of H-pyrrole nitrogens is 1. The van der Waals surface area contributed by atoms with E-state index in [-0.39, 0.29) is 11.8 Å². The molecule has 14 nitrogen and oxygen atoms in total. The SMILES string of the molecule is CC(=O)N1CCN(c2ncc(C(=O)N3CCc4cc(Cn5nc(-c6cnc7[nH]ccc7c6)c6c(N)ncnc65)ccc4C3)cn2)CC1. The number of nitrogens with one attached hydrogen (secondary N) is 1. The minimum atomic E-state index is -0.0900. The number of piperazine rings is 1. The van der Waals surface area contributed by atoms with Crippen LogP contribution in [0.2, 0.25) is 0 Å². The molecule has 236 valence electrons. The first-order valence-corrected chi connectivity index (χ1v) is 15.5. The van der Waals surface area contributed by atoms with Crippen LogP contribution in [0.1, 0.15) is 34.0 Å². The lowest BCUT2D eigenvalue weighted by molar-refractivity contribution is -0.129. The molecule has 1 saturated heterocycles. The molecule has 8 rings (SSSR count). The minimum Gasteiger partial charge on any atom is -0.383 e. The van der Waals surface area contributed by atoms with Gasteiger partial charge in [-0.15, -0.1) is 0 Å². The van der Waals surface area contributed by atoms with Crippen LogP contribution < -0.4 is 10.6 Å². The maximum atomic E-state index is 13.4. The monoisotopic (exact) mass is 628 g/mol. The molecule has 1 fully saturated rings. The third kappa shape index (κ3) is 5.26. The van der Waals surface area contributed by atoms with Crippen LogP contribution in [0.15, 0.2) is 61.4 Å². The topological polar surface area (TPSA) is 168 Å². The fourth-order valence-electron chi connectivity index (χ4n) is 6.46. The van der Waals surface area contributed by atoms with E-state index in [0.717, 1.165) is 34.1 Å². The first-order chi connectivity index (χ1) is 22.9. The van der Waals surface area contributed by atoms with Crippen molar-refractivity contribution in [3.05, 3.63) is 83.7 Å². The molecule has 7 heterocycles. The van der Waals surface area contributed by atoms with E-state index >= 15 is 0 Å². The smallest absolute Gasteiger partial charge is 0.257 e. The van der Waals surface area contributed by atoms with Crippen molar-refractivity contribution in [1.82, 2.24) is 49.5 Å². The average molecular weight is 629 g/mol. The molecule has 0 atom stereocenters. The van der Waals surface area contributed by atoms with E-state index in [1.807, 2.05) is 37.7 Å². The van der Waals surface area contributed by atoms with Gasteiger partial charge in [-0.2, -0.15) is 5.10 Å². The Morgan fingerprint density at radius 2 is 1.72 bits per heavy atom. The Morgan fingerprint density at radius 1 is 0.894 bits per heavy atom. The average Bonchev–Trinajstić information content (AvgIpc) is 3.73. The number of hydrogen-bond acceptors (Lipinski definition) is 10. The molecule has 14 heteroatoms. The second kappa shape index (κ2) is 11.5. The number of amides is 2. The molecule has 0 saturated carbocycles. The Labute approximate surface area is 269 Å². The zero-order valence-electron chi connectivity index (χ0n) is 25.8. The summed E-state index contributed by atoms with van der Waals surface area (Å²) < 4.78 is 1.86. The molecule has 0 radical (unpaired) electrons. The van der Waals surface area contributed by atoms with E-state index in [2.05, 4.69) is 48.1 Å². The van der Waals surface area contributed by atoms with Crippen molar-refractivity contribution < 1.29 is 9.59 Å². The third-order valence-corrected chi connectivity index (χ3v) is 9.03. The normalized spacial score (nSPS) is 15.0. The fourth-order valence-corrected chi connectivity index (χ4v) is 6.46. The number of hydrogen-bond donors (Lipinski definition) is 2. The highest BCUT2D eigenvalue weighted by molar-refractivity contribution is 5.99. The molecule has 6 aromatic rings. The van der Waals surface area contributed by atoms with Gasteiger partial charge in [0.1, 0.15) is 23.5 Å². The van der Waals surface area contributed by atoms with Gasteiger partial charge in [0.05, 0.1) is 17.5 Å². The third-order valence-electron chi connectivity index (χ3n) is 9.03. The minimum absolute atomic E-state index is 0.0760. The van der Waals surface area contributed by atoms with Crippen molar-refractivity contribution in [3.63, 3.8) is 0 Å². The second-order valence-electron chi connectivity index (χ2n) is 11.9. The first-order valence-electron chi connectivity index (χ1n) is 15.5. The zero-order valence-corrected chi connectivity index (χ0v) is 25.8. The number of nitrogens with zero attached hydrogens (tertiary/aromatic N) is 10. The van der Waals surface area contributed by atoms with Crippen molar-refractivity contribution in [1.29, 1.82) is 0 Å². The van der Waals surface area contributed by atoms with Crippen molar-refractivity contribution in [2.45, 2.75) is 26.4 Å². The van der Waals surface area contributed by atoms with Gasteiger partial charge in [-0.25, -0.2) is 29.6 Å². The summed E-state index contributed by atoms with van der Waals surface area (Å²) in [6.45, 7) is 5.79. The van der Waals surface area contributed by atoms with Gasteiger partial charge in [-0.3, -0.25) is 9.59 Å². The summed E-state index contributed by atoms with van der Waals surface area (Å²) in [5.74, 6) is 0.930. The number of aromatic amines is 1. The number of rotatable bonds is 5. The molecule has 2 aliphatic heterocycles. The highest BCUT2D eigenvalue weighted by atomic mass is 16.2. The van der Waals surface area contributed by atoms with Gasteiger partial charge in [0.25, 0.3) is 5.91 Å². The summed E-state index contributed by atoms with van der Waals surface area (Å²) in [5, 5.41) is 6.61. The number of nitrogens with two attached hydrogens (primary N) is 1. The Bertz CT molecular complexity index is 2150. The number of benzene rings is 1. The van der Waals surface area contributed by atoms with E-state index in [1.165, 1.54) is 11.9 Å². The van der Waals surface area contributed by atoms with Crippen LogP contribution in [-0.4, -0.2) is 94.0 Å². The molecular weight excluding hydrogens is 596 g/mol. The van der Waals surface area contributed by atoms with Crippen LogP contribution in [0, 0.1) is 0 Å². The summed E-state index contributed by atoms with van der Waals surface area (Å²) in [7, 11) is 0. The summed E-state index contributed by atoms with van der Waals surface area (Å²) >= 11 is 0. The lowest BCUT2D eigenvalue weighted by atomic mass is 9.97. The fraction of sp³-hybridized carbons (Fsp3) is 0.273. The predicted octanol–water partition coefficient (Wildman–Crippen LogP) is 2.66.